The topological polar surface area (TPSA) is 92.0 Å². The SMILES string of the molecule is CN1C(=O)C(NC(=O)c2cnn3ncccc23)N=C(c2ccccc2F)c2ccccc21. The van der Waals surface area contributed by atoms with Crippen molar-refractivity contribution in [2.45, 2.75) is 6.17 Å². The van der Waals surface area contributed by atoms with Gasteiger partial charge < -0.3 is 10.2 Å². The zero-order valence-electron chi connectivity index (χ0n) is 16.9. The Labute approximate surface area is 182 Å². The van der Waals surface area contributed by atoms with E-state index in [1.54, 1.807) is 67.8 Å². The third-order valence-corrected chi connectivity index (χ3v) is 5.29. The summed E-state index contributed by atoms with van der Waals surface area (Å²) in [6.45, 7) is 0. The Kier molecular flexibility index (Phi) is 4.70. The van der Waals surface area contributed by atoms with E-state index in [0.717, 1.165) is 0 Å². The zero-order valence-corrected chi connectivity index (χ0v) is 16.9. The third-order valence-electron chi connectivity index (χ3n) is 5.29. The van der Waals surface area contributed by atoms with Gasteiger partial charge in [-0.25, -0.2) is 9.38 Å². The van der Waals surface area contributed by atoms with E-state index in [2.05, 4.69) is 20.5 Å². The van der Waals surface area contributed by atoms with Crippen molar-refractivity contribution in [3.63, 3.8) is 0 Å². The van der Waals surface area contributed by atoms with E-state index < -0.39 is 23.8 Å². The summed E-state index contributed by atoms with van der Waals surface area (Å²) in [7, 11) is 1.60. The molecule has 32 heavy (non-hydrogen) atoms. The summed E-state index contributed by atoms with van der Waals surface area (Å²) in [5.41, 5.74) is 2.41. The van der Waals surface area contributed by atoms with E-state index in [0.29, 0.717) is 16.8 Å². The van der Waals surface area contributed by atoms with Crippen LogP contribution in [0.1, 0.15) is 21.5 Å². The number of nitrogens with one attached hydrogen (secondary N) is 1. The van der Waals surface area contributed by atoms with Crippen molar-refractivity contribution < 1.29 is 14.0 Å². The lowest BCUT2D eigenvalue weighted by Gasteiger charge is -2.20. The van der Waals surface area contributed by atoms with E-state index in [9.17, 15) is 14.0 Å². The summed E-state index contributed by atoms with van der Waals surface area (Å²) in [5.74, 6) is -1.47. The number of fused-ring (bicyclic) bond motifs is 2. The predicted molar refractivity (Wildman–Crippen MR) is 116 cm³/mol. The highest BCUT2D eigenvalue weighted by Crippen LogP contribution is 2.28. The minimum atomic E-state index is -1.26. The number of nitrogens with zero attached hydrogens (tertiary/aromatic N) is 5. The molecule has 158 valence electrons. The fourth-order valence-electron chi connectivity index (χ4n) is 3.69. The summed E-state index contributed by atoms with van der Waals surface area (Å²) >= 11 is 0. The number of carbonyl (C=O) groups excluding carboxylic acids is 2. The van der Waals surface area contributed by atoms with Gasteiger partial charge in [0.15, 0.2) is 0 Å². The predicted octanol–water partition coefficient (Wildman–Crippen LogP) is 2.44. The average Bonchev–Trinajstić information content (AvgIpc) is 3.22. The second-order valence-electron chi connectivity index (χ2n) is 7.20. The fraction of sp³-hybridized carbons (Fsp3) is 0.0870. The second-order valence-corrected chi connectivity index (χ2v) is 7.20. The number of aliphatic imine (C=N–C) groups is 1. The number of para-hydroxylation sites is 1. The molecule has 4 aromatic rings. The van der Waals surface area contributed by atoms with Crippen LogP contribution in [0.15, 0.2) is 78.0 Å². The molecule has 0 bridgehead atoms. The first-order valence-corrected chi connectivity index (χ1v) is 9.84. The molecular weight excluding hydrogens is 411 g/mol. The maximum atomic E-state index is 14.7. The van der Waals surface area contributed by atoms with Crippen LogP contribution in [0, 0.1) is 5.82 Å². The van der Waals surface area contributed by atoms with Crippen molar-refractivity contribution in [2.24, 2.45) is 4.99 Å². The van der Waals surface area contributed by atoms with Gasteiger partial charge in [0.1, 0.15) is 11.3 Å². The van der Waals surface area contributed by atoms with Crippen molar-refractivity contribution >= 4 is 28.7 Å². The van der Waals surface area contributed by atoms with Crippen molar-refractivity contribution in [3.8, 4) is 0 Å². The van der Waals surface area contributed by atoms with Crippen molar-refractivity contribution in [3.05, 3.63) is 95.6 Å². The van der Waals surface area contributed by atoms with E-state index in [4.69, 9.17) is 0 Å². The number of benzene rings is 2. The lowest BCUT2D eigenvalue weighted by atomic mass is 10.00. The molecule has 9 heteroatoms. The summed E-state index contributed by atoms with van der Waals surface area (Å²) in [6, 6.07) is 16.7. The van der Waals surface area contributed by atoms with Gasteiger partial charge in [0.25, 0.3) is 11.8 Å². The van der Waals surface area contributed by atoms with Gasteiger partial charge in [-0.05, 0) is 30.3 Å². The van der Waals surface area contributed by atoms with Crippen LogP contribution in [0.4, 0.5) is 10.1 Å². The van der Waals surface area contributed by atoms with Crippen LogP contribution in [0.25, 0.3) is 5.52 Å². The summed E-state index contributed by atoms with van der Waals surface area (Å²) < 4.78 is 16.0. The van der Waals surface area contributed by atoms with Gasteiger partial charge in [0.05, 0.1) is 23.2 Å². The van der Waals surface area contributed by atoms with E-state index in [1.807, 2.05) is 0 Å². The maximum Gasteiger partial charge on any atom is 0.272 e. The minimum absolute atomic E-state index is 0.238. The van der Waals surface area contributed by atoms with Gasteiger partial charge in [0.2, 0.25) is 6.17 Å². The molecule has 1 unspecified atom stereocenters. The molecule has 0 fully saturated rings. The number of rotatable bonds is 3. The van der Waals surface area contributed by atoms with Crippen LogP contribution in [-0.4, -0.2) is 45.6 Å². The smallest absolute Gasteiger partial charge is 0.272 e. The van der Waals surface area contributed by atoms with Crippen LogP contribution in [0.3, 0.4) is 0 Å². The molecule has 2 amide bonds. The summed E-state index contributed by atoms with van der Waals surface area (Å²) in [4.78, 5) is 32.2. The molecule has 1 N–H and O–H groups in total. The first-order chi connectivity index (χ1) is 15.5. The summed E-state index contributed by atoms with van der Waals surface area (Å²) in [5, 5.41) is 10.8. The first-order valence-electron chi connectivity index (χ1n) is 9.84. The molecule has 2 aromatic heterocycles. The molecule has 0 spiro atoms. The average molecular weight is 428 g/mol. The van der Waals surface area contributed by atoms with Crippen LogP contribution < -0.4 is 10.2 Å². The number of aromatic nitrogens is 3. The van der Waals surface area contributed by atoms with Gasteiger partial charge in [-0.2, -0.15) is 14.8 Å². The number of benzodiazepines with no additional fused rings is 1. The Morgan fingerprint density at radius 2 is 1.75 bits per heavy atom. The number of hydrogen-bond acceptors (Lipinski definition) is 5. The molecule has 0 radical (unpaired) electrons. The number of anilines is 1. The highest BCUT2D eigenvalue weighted by Gasteiger charge is 2.32. The van der Waals surface area contributed by atoms with E-state index >= 15 is 0 Å². The first kappa shape index (κ1) is 19.6. The number of halogens is 1. The van der Waals surface area contributed by atoms with Crippen molar-refractivity contribution in [1.82, 2.24) is 20.1 Å². The molecule has 3 heterocycles. The number of hydrogen-bond donors (Lipinski definition) is 1. The van der Waals surface area contributed by atoms with Gasteiger partial charge in [0, 0.05) is 24.4 Å². The Morgan fingerprint density at radius 1 is 1.00 bits per heavy atom. The largest absolute Gasteiger partial charge is 0.322 e. The molecule has 5 rings (SSSR count). The lowest BCUT2D eigenvalue weighted by Crippen LogP contribution is -2.46. The van der Waals surface area contributed by atoms with Crippen molar-refractivity contribution in [1.29, 1.82) is 0 Å². The fourth-order valence-corrected chi connectivity index (χ4v) is 3.69. The number of amides is 2. The Bertz CT molecular complexity index is 1400. The molecule has 8 nitrogen and oxygen atoms in total. The van der Waals surface area contributed by atoms with Gasteiger partial charge in [-0.1, -0.05) is 30.3 Å². The maximum absolute atomic E-state index is 14.7. The van der Waals surface area contributed by atoms with Crippen LogP contribution in [0.5, 0.6) is 0 Å². The Hall–Kier alpha value is -4.40. The molecule has 0 saturated heterocycles. The van der Waals surface area contributed by atoms with E-state index in [1.165, 1.54) is 21.8 Å². The standard InChI is InChI=1S/C23H17FN6O2/c1-29-18-10-5-3-8-15(18)20(14-7-2-4-9-17(14)24)27-21(23(29)32)28-22(31)16-13-26-30-19(16)11-6-12-25-30/h2-13,21H,1H3,(H,28,31). The Morgan fingerprint density at radius 3 is 2.56 bits per heavy atom. The zero-order chi connectivity index (χ0) is 22.2. The molecule has 1 aliphatic rings. The molecule has 1 aliphatic heterocycles. The summed E-state index contributed by atoms with van der Waals surface area (Å²) in [6.07, 6.45) is 1.66. The monoisotopic (exact) mass is 428 g/mol. The lowest BCUT2D eigenvalue weighted by molar-refractivity contribution is -0.119. The molecule has 0 aliphatic carbocycles. The van der Waals surface area contributed by atoms with E-state index in [-0.39, 0.29) is 16.8 Å². The van der Waals surface area contributed by atoms with Gasteiger partial charge in [-0.15, -0.1) is 0 Å². The third kappa shape index (κ3) is 3.20. The molecule has 0 saturated carbocycles. The highest BCUT2D eigenvalue weighted by molar-refractivity contribution is 6.20. The minimum Gasteiger partial charge on any atom is -0.322 e. The van der Waals surface area contributed by atoms with Crippen LogP contribution in [-0.2, 0) is 4.79 Å². The number of carbonyl (C=O) groups is 2. The normalized spacial score (nSPS) is 15.8. The number of likely N-dealkylation sites (N-methyl/N-ethyl adjacent to an activating group) is 1. The van der Waals surface area contributed by atoms with Gasteiger partial charge in [-0.3, -0.25) is 9.59 Å². The van der Waals surface area contributed by atoms with Gasteiger partial charge >= 0.3 is 0 Å². The molecule has 1 atom stereocenters. The van der Waals surface area contributed by atoms with Crippen molar-refractivity contribution in [2.75, 3.05) is 11.9 Å². The van der Waals surface area contributed by atoms with Crippen LogP contribution in [0.2, 0.25) is 0 Å². The quantitative estimate of drug-likeness (QED) is 0.543. The molecule has 2 aromatic carbocycles. The highest BCUT2D eigenvalue weighted by atomic mass is 19.1. The second kappa shape index (κ2) is 7.69. The molecular formula is C23H17FN6O2. The Balaban J connectivity index is 1.60. The van der Waals surface area contributed by atoms with Crippen LogP contribution >= 0.6 is 0 Å².